The number of methoxy groups -OCH3 is 2. The maximum Gasteiger partial charge on any atom is 0.297 e. The number of benzene rings is 3. The summed E-state index contributed by atoms with van der Waals surface area (Å²) >= 11 is 7.34. The zero-order chi connectivity index (χ0) is 24.7. The number of carbonyl (C=O) groups excluding carboxylic acids is 3. The summed E-state index contributed by atoms with van der Waals surface area (Å²) in [5.41, 5.74) is 1.58. The number of carbonyl (C=O) groups is 3. The normalized spacial score (nSPS) is 17.7. The highest BCUT2D eigenvalue weighted by Crippen LogP contribution is 2.44. The van der Waals surface area contributed by atoms with Gasteiger partial charge in [-0.15, -0.1) is 0 Å². The van der Waals surface area contributed by atoms with Gasteiger partial charge in [0.05, 0.1) is 30.5 Å². The van der Waals surface area contributed by atoms with Crippen molar-refractivity contribution in [2.24, 2.45) is 5.92 Å². The fourth-order valence-electron chi connectivity index (χ4n) is 4.20. The highest BCUT2D eigenvalue weighted by molar-refractivity contribution is 7.22. The van der Waals surface area contributed by atoms with E-state index in [0.717, 1.165) is 4.70 Å². The predicted molar refractivity (Wildman–Crippen MR) is 134 cm³/mol. The minimum Gasteiger partial charge on any atom is -0.497 e. The highest BCUT2D eigenvalue weighted by Gasteiger charge is 2.53. The molecule has 1 fully saturated rings. The van der Waals surface area contributed by atoms with E-state index in [-0.39, 0.29) is 0 Å². The summed E-state index contributed by atoms with van der Waals surface area (Å²) in [5.74, 6) is -2.00. The molecule has 2 heterocycles. The van der Waals surface area contributed by atoms with Crippen LogP contribution < -0.4 is 14.4 Å². The van der Waals surface area contributed by atoms with E-state index in [9.17, 15) is 14.4 Å². The van der Waals surface area contributed by atoms with E-state index in [2.05, 4.69) is 4.98 Å². The summed E-state index contributed by atoms with van der Waals surface area (Å²) in [6.07, 6.45) is 0. The van der Waals surface area contributed by atoms with Gasteiger partial charge in [-0.25, -0.2) is 4.98 Å². The summed E-state index contributed by atoms with van der Waals surface area (Å²) in [5, 5.41) is 0.831. The number of rotatable bonds is 6. The van der Waals surface area contributed by atoms with Gasteiger partial charge in [-0.2, -0.15) is 0 Å². The van der Waals surface area contributed by atoms with Crippen molar-refractivity contribution in [1.82, 2.24) is 4.98 Å². The van der Waals surface area contributed by atoms with Gasteiger partial charge in [-0.1, -0.05) is 35.1 Å². The van der Waals surface area contributed by atoms with Crippen LogP contribution in [0, 0.1) is 5.92 Å². The van der Waals surface area contributed by atoms with Crippen LogP contribution in [0.1, 0.15) is 22.0 Å². The van der Waals surface area contributed by atoms with Gasteiger partial charge in [0, 0.05) is 10.6 Å². The lowest BCUT2D eigenvalue weighted by atomic mass is 9.86. The Hall–Kier alpha value is -3.75. The van der Waals surface area contributed by atoms with Crippen LogP contribution in [-0.2, 0) is 9.59 Å². The topological polar surface area (TPSA) is 85.8 Å². The minimum absolute atomic E-state index is 0.312. The number of amides is 1. The van der Waals surface area contributed by atoms with E-state index >= 15 is 0 Å². The van der Waals surface area contributed by atoms with E-state index in [0.29, 0.717) is 38.3 Å². The summed E-state index contributed by atoms with van der Waals surface area (Å²) in [4.78, 5) is 46.1. The molecule has 176 valence electrons. The Morgan fingerprint density at radius 3 is 2.26 bits per heavy atom. The Labute approximate surface area is 209 Å². The number of Topliss-reactive ketones (excluding diaryl/α,β-unsaturated/α-hetero) is 2. The van der Waals surface area contributed by atoms with Crippen molar-refractivity contribution in [3.05, 3.63) is 82.9 Å². The van der Waals surface area contributed by atoms with E-state index in [1.54, 1.807) is 67.8 Å². The van der Waals surface area contributed by atoms with Crippen molar-refractivity contribution in [2.45, 2.75) is 6.04 Å². The van der Waals surface area contributed by atoms with Crippen molar-refractivity contribution in [2.75, 3.05) is 19.1 Å². The van der Waals surface area contributed by atoms with Gasteiger partial charge in [0.2, 0.25) is 5.78 Å². The number of halogens is 1. The molecule has 1 saturated heterocycles. The molecule has 7 nitrogen and oxygen atoms in total. The third kappa shape index (κ3) is 4.05. The maximum atomic E-state index is 13.6. The number of thiazole rings is 1. The molecule has 1 aliphatic heterocycles. The van der Waals surface area contributed by atoms with E-state index in [1.165, 1.54) is 23.3 Å². The molecule has 35 heavy (non-hydrogen) atoms. The molecule has 1 aliphatic rings. The standard InChI is InChI=1S/C26H19ClN2O5S/c1-33-17-9-5-15(6-10-17)23(30)21-22(14-3-7-16(27)8-4-14)29(25(32)24(21)31)26-28-19-12-11-18(34-2)13-20(19)35-26/h3-13,21-22H,1-2H3. The summed E-state index contributed by atoms with van der Waals surface area (Å²) in [7, 11) is 3.09. The van der Waals surface area contributed by atoms with Crippen LogP contribution in [0.4, 0.5) is 5.13 Å². The Balaban J connectivity index is 1.63. The molecule has 0 radical (unpaired) electrons. The molecule has 0 N–H and O–H groups in total. The summed E-state index contributed by atoms with van der Waals surface area (Å²) < 4.78 is 11.2. The van der Waals surface area contributed by atoms with Crippen LogP contribution >= 0.6 is 22.9 Å². The van der Waals surface area contributed by atoms with Crippen LogP contribution in [0.15, 0.2) is 66.7 Å². The van der Waals surface area contributed by atoms with Gasteiger partial charge >= 0.3 is 0 Å². The Bertz CT molecular complexity index is 1450. The second kappa shape index (κ2) is 9.13. The number of ketones is 2. The lowest BCUT2D eigenvalue weighted by Crippen LogP contribution is -2.30. The van der Waals surface area contributed by atoms with Gasteiger partial charge in [-0.05, 0) is 60.2 Å². The number of aromatic nitrogens is 1. The SMILES string of the molecule is COc1ccc(C(=O)C2C(=O)C(=O)N(c3nc4ccc(OC)cc4s3)C2c2ccc(Cl)cc2)cc1. The first-order chi connectivity index (χ1) is 16.9. The van der Waals surface area contributed by atoms with E-state index in [4.69, 9.17) is 21.1 Å². The number of anilines is 1. The van der Waals surface area contributed by atoms with E-state index < -0.39 is 29.4 Å². The van der Waals surface area contributed by atoms with Gasteiger partial charge < -0.3 is 9.47 Å². The van der Waals surface area contributed by atoms with Crippen LogP contribution in [0.5, 0.6) is 11.5 Å². The van der Waals surface area contributed by atoms with Crippen LogP contribution in [0.3, 0.4) is 0 Å². The second-order valence-electron chi connectivity index (χ2n) is 7.94. The summed E-state index contributed by atoms with van der Waals surface area (Å²) in [6.45, 7) is 0. The first-order valence-electron chi connectivity index (χ1n) is 10.7. The maximum absolute atomic E-state index is 13.6. The largest absolute Gasteiger partial charge is 0.497 e. The second-order valence-corrected chi connectivity index (χ2v) is 9.38. The average molecular weight is 507 g/mol. The molecule has 1 amide bonds. The average Bonchev–Trinajstić information content (AvgIpc) is 3.41. The first-order valence-corrected chi connectivity index (χ1v) is 11.9. The fraction of sp³-hybridized carbons (Fsp3) is 0.154. The highest BCUT2D eigenvalue weighted by atomic mass is 35.5. The van der Waals surface area contributed by atoms with Crippen LogP contribution in [0.2, 0.25) is 5.02 Å². The van der Waals surface area contributed by atoms with Crippen LogP contribution in [-0.4, -0.2) is 36.7 Å². The van der Waals surface area contributed by atoms with Gasteiger partial charge in [0.15, 0.2) is 10.9 Å². The number of hydrogen-bond donors (Lipinski definition) is 0. The van der Waals surface area contributed by atoms with Gasteiger partial charge in [0.25, 0.3) is 5.91 Å². The van der Waals surface area contributed by atoms with Crippen LogP contribution in [0.25, 0.3) is 10.2 Å². The Kier molecular flexibility index (Phi) is 6.00. The minimum atomic E-state index is -1.24. The molecule has 0 bridgehead atoms. The number of ether oxygens (including phenoxy) is 2. The molecular weight excluding hydrogens is 488 g/mol. The molecule has 1 aromatic heterocycles. The zero-order valence-corrected chi connectivity index (χ0v) is 20.3. The van der Waals surface area contributed by atoms with Crippen molar-refractivity contribution >= 4 is 55.8 Å². The molecule has 4 aromatic rings. The molecular formula is C26H19ClN2O5S. The number of nitrogens with zero attached hydrogens (tertiary/aromatic N) is 2. The molecule has 3 aromatic carbocycles. The van der Waals surface area contributed by atoms with Gasteiger partial charge in [0.1, 0.15) is 17.4 Å². The third-order valence-corrected chi connectivity index (χ3v) is 7.23. The van der Waals surface area contributed by atoms with Crippen molar-refractivity contribution in [3.8, 4) is 11.5 Å². The predicted octanol–water partition coefficient (Wildman–Crippen LogP) is 5.12. The molecule has 0 saturated carbocycles. The van der Waals surface area contributed by atoms with E-state index in [1.807, 2.05) is 6.07 Å². The van der Waals surface area contributed by atoms with Crippen molar-refractivity contribution in [3.63, 3.8) is 0 Å². The quantitative estimate of drug-likeness (QED) is 0.205. The zero-order valence-electron chi connectivity index (χ0n) is 18.7. The fourth-order valence-corrected chi connectivity index (χ4v) is 5.35. The van der Waals surface area contributed by atoms with Gasteiger partial charge in [-0.3, -0.25) is 19.3 Å². The lowest BCUT2D eigenvalue weighted by Gasteiger charge is -2.25. The van der Waals surface area contributed by atoms with Crippen molar-refractivity contribution in [1.29, 1.82) is 0 Å². The van der Waals surface area contributed by atoms with Crippen molar-refractivity contribution < 1.29 is 23.9 Å². The molecule has 9 heteroatoms. The molecule has 0 aliphatic carbocycles. The molecule has 0 spiro atoms. The Morgan fingerprint density at radius 2 is 1.60 bits per heavy atom. The smallest absolute Gasteiger partial charge is 0.297 e. The first kappa shape index (κ1) is 23.0. The number of fused-ring (bicyclic) bond motifs is 1. The monoisotopic (exact) mass is 506 g/mol. The molecule has 2 atom stereocenters. The molecule has 5 rings (SSSR count). The number of hydrogen-bond acceptors (Lipinski definition) is 7. The molecule has 2 unspecified atom stereocenters. The third-order valence-electron chi connectivity index (χ3n) is 5.96. The summed E-state index contributed by atoms with van der Waals surface area (Å²) in [6, 6.07) is 17.7. The lowest BCUT2D eigenvalue weighted by molar-refractivity contribution is -0.135. The Morgan fingerprint density at radius 1 is 0.943 bits per heavy atom.